The molecule has 1 aliphatic carbocycles. The van der Waals surface area contributed by atoms with E-state index in [4.69, 9.17) is 0 Å². The summed E-state index contributed by atoms with van der Waals surface area (Å²) in [6.07, 6.45) is 4.58. The molecule has 8 heteroatoms. The first-order valence-corrected chi connectivity index (χ1v) is 10.2. The van der Waals surface area contributed by atoms with Gasteiger partial charge in [-0.2, -0.15) is 0 Å². The van der Waals surface area contributed by atoms with Gasteiger partial charge in [0.15, 0.2) is 5.78 Å². The van der Waals surface area contributed by atoms with E-state index in [1.165, 1.54) is 24.6 Å². The minimum Gasteiger partial charge on any atom is -0.326 e. The van der Waals surface area contributed by atoms with Gasteiger partial charge in [-0.05, 0) is 47.5 Å². The van der Waals surface area contributed by atoms with Crippen LogP contribution in [0.25, 0.3) is 0 Å². The fourth-order valence-corrected chi connectivity index (χ4v) is 3.77. The molecule has 3 rings (SSSR count). The van der Waals surface area contributed by atoms with Crippen molar-refractivity contribution in [3.63, 3.8) is 0 Å². The first kappa shape index (κ1) is 19.5. The van der Waals surface area contributed by atoms with Crippen LogP contribution in [0, 0.1) is 5.41 Å². The molecule has 1 fully saturated rings. The van der Waals surface area contributed by atoms with Crippen LogP contribution in [0.15, 0.2) is 29.4 Å². The van der Waals surface area contributed by atoms with Crippen LogP contribution < -0.4 is 5.32 Å². The van der Waals surface area contributed by atoms with E-state index in [-0.39, 0.29) is 17.4 Å². The number of carbonyl (C=O) groups excluding carboxylic acids is 2. The zero-order valence-electron chi connectivity index (χ0n) is 15.9. The second kappa shape index (κ2) is 8.21. The molecule has 0 bridgehead atoms. The first-order valence-electron chi connectivity index (χ1n) is 9.20. The lowest BCUT2D eigenvalue weighted by Crippen LogP contribution is -2.27. The number of thioether (sulfide) groups is 1. The van der Waals surface area contributed by atoms with E-state index in [1.807, 2.05) is 25.5 Å². The summed E-state index contributed by atoms with van der Waals surface area (Å²) in [5.74, 6) is 0.228. The van der Waals surface area contributed by atoms with Crippen molar-refractivity contribution in [2.75, 3.05) is 11.1 Å². The molecule has 1 amide bonds. The average Bonchev–Trinajstić information content (AvgIpc) is 3.30. The van der Waals surface area contributed by atoms with Gasteiger partial charge in [0.05, 0.1) is 11.8 Å². The van der Waals surface area contributed by atoms with E-state index in [0.717, 1.165) is 12.8 Å². The number of benzene rings is 1. The molecule has 0 atom stereocenters. The van der Waals surface area contributed by atoms with Crippen molar-refractivity contribution in [1.29, 1.82) is 0 Å². The molecular weight excluding hydrogens is 362 g/mol. The number of rotatable bonds is 6. The van der Waals surface area contributed by atoms with Crippen LogP contribution in [0.1, 0.15) is 62.9 Å². The van der Waals surface area contributed by atoms with Gasteiger partial charge in [-0.3, -0.25) is 9.59 Å². The number of carbonyl (C=O) groups is 2. The van der Waals surface area contributed by atoms with Crippen molar-refractivity contribution in [1.82, 2.24) is 20.2 Å². The van der Waals surface area contributed by atoms with Gasteiger partial charge in [-0.15, -0.1) is 5.10 Å². The number of amides is 1. The largest absolute Gasteiger partial charge is 0.326 e. The van der Waals surface area contributed by atoms with Gasteiger partial charge in [-0.1, -0.05) is 45.4 Å². The Morgan fingerprint density at radius 1 is 1.19 bits per heavy atom. The molecule has 27 heavy (non-hydrogen) atoms. The Hall–Kier alpha value is -2.22. The number of hydrogen-bond acceptors (Lipinski definition) is 6. The van der Waals surface area contributed by atoms with Gasteiger partial charge in [-0.25, -0.2) is 4.68 Å². The number of anilines is 1. The highest BCUT2D eigenvalue weighted by Crippen LogP contribution is 2.31. The summed E-state index contributed by atoms with van der Waals surface area (Å²) in [7, 11) is 0. The third kappa shape index (κ3) is 4.94. The van der Waals surface area contributed by atoms with Crippen LogP contribution in [0.2, 0.25) is 0 Å². The smallest absolute Gasteiger partial charge is 0.229 e. The van der Waals surface area contributed by atoms with Gasteiger partial charge in [0, 0.05) is 16.7 Å². The van der Waals surface area contributed by atoms with E-state index in [9.17, 15) is 9.59 Å². The number of hydrogen-bond donors (Lipinski definition) is 1. The highest BCUT2D eigenvalue weighted by atomic mass is 32.2. The number of nitrogens with one attached hydrogen (secondary N) is 1. The molecule has 0 unspecified atom stereocenters. The Morgan fingerprint density at radius 2 is 1.85 bits per heavy atom. The molecule has 144 valence electrons. The van der Waals surface area contributed by atoms with Crippen LogP contribution in [0.5, 0.6) is 0 Å². The molecular formula is C19H25N5O2S. The fraction of sp³-hybridized carbons (Fsp3) is 0.526. The maximum Gasteiger partial charge on any atom is 0.229 e. The number of tetrazole rings is 1. The van der Waals surface area contributed by atoms with E-state index in [2.05, 4.69) is 20.8 Å². The van der Waals surface area contributed by atoms with Crippen molar-refractivity contribution < 1.29 is 9.59 Å². The molecule has 1 N–H and O–H groups in total. The predicted octanol–water partition coefficient (Wildman–Crippen LogP) is 3.75. The Balaban J connectivity index is 1.57. The highest BCUT2D eigenvalue weighted by Gasteiger charge is 2.23. The molecule has 1 saturated carbocycles. The van der Waals surface area contributed by atoms with E-state index >= 15 is 0 Å². The summed E-state index contributed by atoms with van der Waals surface area (Å²) in [4.78, 5) is 24.5. The van der Waals surface area contributed by atoms with Gasteiger partial charge in [0.25, 0.3) is 0 Å². The molecule has 7 nitrogen and oxygen atoms in total. The Morgan fingerprint density at radius 3 is 2.48 bits per heavy atom. The maximum absolute atomic E-state index is 12.5. The van der Waals surface area contributed by atoms with Crippen LogP contribution in [-0.2, 0) is 4.79 Å². The molecule has 1 aromatic carbocycles. The van der Waals surface area contributed by atoms with Crippen LogP contribution in [-0.4, -0.2) is 37.7 Å². The summed E-state index contributed by atoms with van der Waals surface area (Å²) in [5.41, 5.74) is 0.828. The molecule has 0 spiro atoms. The summed E-state index contributed by atoms with van der Waals surface area (Å²) in [6, 6.07) is 7.33. The normalized spacial score (nSPS) is 15.1. The Kier molecular flexibility index (Phi) is 5.94. The summed E-state index contributed by atoms with van der Waals surface area (Å²) in [5, 5.41) is 15.5. The molecule has 0 aliphatic heterocycles. The molecule has 0 saturated heterocycles. The number of nitrogens with zero attached hydrogens (tertiary/aromatic N) is 4. The lowest BCUT2D eigenvalue weighted by Gasteiger charge is -2.17. The lowest BCUT2D eigenvalue weighted by molar-refractivity contribution is -0.123. The standard InChI is InChI=1S/C19H25N5O2S/c1-19(2,3)17(26)20-14-10-8-13(9-11-14)16(25)12-27-18-21-22-23-24(18)15-6-4-5-7-15/h8-11,15H,4-7,12H2,1-3H3,(H,20,26). The average molecular weight is 388 g/mol. The SMILES string of the molecule is CC(C)(C)C(=O)Nc1ccc(C(=O)CSc2nnnn2C2CCCC2)cc1. The van der Waals surface area contributed by atoms with Crippen LogP contribution >= 0.6 is 11.8 Å². The van der Waals surface area contributed by atoms with Gasteiger partial charge < -0.3 is 5.32 Å². The zero-order valence-corrected chi connectivity index (χ0v) is 16.8. The van der Waals surface area contributed by atoms with E-state index < -0.39 is 5.41 Å². The number of aromatic nitrogens is 4. The van der Waals surface area contributed by atoms with Gasteiger partial charge in [0.1, 0.15) is 0 Å². The molecule has 1 heterocycles. The molecule has 0 radical (unpaired) electrons. The zero-order chi connectivity index (χ0) is 19.4. The summed E-state index contributed by atoms with van der Waals surface area (Å²) < 4.78 is 1.86. The number of Topliss-reactive ketones (excluding diaryl/α,β-unsaturated/α-hetero) is 1. The second-order valence-corrected chi connectivity index (χ2v) is 8.78. The minimum atomic E-state index is -0.464. The maximum atomic E-state index is 12.5. The first-order chi connectivity index (χ1) is 12.8. The summed E-state index contributed by atoms with van der Waals surface area (Å²) >= 11 is 1.37. The van der Waals surface area contributed by atoms with Crippen molar-refractivity contribution >= 4 is 29.1 Å². The third-order valence-electron chi connectivity index (χ3n) is 4.61. The third-order valence-corrected chi connectivity index (χ3v) is 5.54. The van der Waals surface area contributed by atoms with Gasteiger partial charge in [0.2, 0.25) is 11.1 Å². The predicted molar refractivity (Wildman–Crippen MR) is 105 cm³/mol. The number of ketones is 1. The minimum absolute atomic E-state index is 0.00895. The summed E-state index contributed by atoms with van der Waals surface area (Å²) in [6.45, 7) is 5.57. The quantitative estimate of drug-likeness (QED) is 0.600. The topological polar surface area (TPSA) is 89.8 Å². The van der Waals surface area contributed by atoms with Crippen LogP contribution in [0.4, 0.5) is 5.69 Å². The van der Waals surface area contributed by atoms with Crippen molar-refractivity contribution in [3.8, 4) is 0 Å². The molecule has 1 aliphatic rings. The highest BCUT2D eigenvalue weighted by molar-refractivity contribution is 7.99. The molecule has 1 aromatic heterocycles. The Bertz CT molecular complexity index is 804. The van der Waals surface area contributed by atoms with Crippen molar-refractivity contribution in [2.45, 2.75) is 57.7 Å². The van der Waals surface area contributed by atoms with Crippen LogP contribution in [0.3, 0.4) is 0 Å². The monoisotopic (exact) mass is 387 g/mol. The van der Waals surface area contributed by atoms with Crippen molar-refractivity contribution in [3.05, 3.63) is 29.8 Å². The van der Waals surface area contributed by atoms with Gasteiger partial charge >= 0.3 is 0 Å². The van der Waals surface area contributed by atoms with E-state index in [1.54, 1.807) is 24.3 Å². The van der Waals surface area contributed by atoms with E-state index in [0.29, 0.717) is 22.4 Å². The fourth-order valence-electron chi connectivity index (χ4n) is 2.93. The van der Waals surface area contributed by atoms with Crippen molar-refractivity contribution in [2.24, 2.45) is 5.41 Å². The Labute approximate surface area is 163 Å². The molecule has 2 aromatic rings. The second-order valence-electron chi connectivity index (χ2n) is 7.84. The lowest BCUT2D eigenvalue weighted by atomic mass is 9.95.